The third-order valence-corrected chi connectivity index (χ3v) is 5.06. The van der Waals surface area contributed by atoms with Crippen LogP contribution in [-0.2, 0) is 13.1 Å². The normalized spacial score (nSPS) is 14.0. The smallest absolute Gasteiger partial charge is 0.0900 e. The highest BCUT2D eigenvalue weighted by Gasteiger charge is 2.14. The minimum Gasteiger partial charge on any atom is -0.354 e. The quantitative estimate of drug-likeness (QED) is 0.706. The van der Waals surface area contributed by atoms with E-state index in [2.05, 4.69) is 90.5 Å². The van der Waals surface area contributed by atoms with Crippen LogP contribution in [0.3, 0.4) is 0 Å². The van der Waals surface area contributed by atoms with Gasteiger partial charge in [0.2, 0.25) is 0 Å². The van der Waals surface area contributed by atoms with Crippen molar-refractivity contribution in [2.45, 2.75) is 13.1 Å². The average molecular weight is 408 g/mol. The van der Waals surface area contributed by atoms with Crippen molar-refractivity contribution in [3.8, 4) is 0 Å². The Morgan fingerprint density at radius 1 is 0.714 bits per heavy atom. The third kappa shape index (κ3) is 3.69. The largest absolute Gasteiger partial charge is 0.354 e. The lowest BCUT2D eigenvalue weighted by Gasteiger charge is -2.22. The second-order valence-corrected chi connectivity index (χ2v) is 6.82. The summed E-state index contributed by atoms with van der Waals surface area (Å²) in [4.78, 5) is 4.63. The van der Waals surface area contributed by atoms with Crippen LogP contribution in [0.4, 0.5) is 0 Å². The van der Waals surface area contributed by atoms with E-state index in [1.807, 2.05) is 12.1 Å². The molecule has 0 bridgehead atoms. The molecule has 0 fully saturated rings. The molecule has 3 rings (SSSR count). The number of benzene rings is 2. The third-order valence-electron chi connectivity index (χ3n) is 3.51. The average Bonchev–Trinajstić information content (AvgIpc) is 2.91. The highest BCUT2D eigenvalue weighted by molar-refractivity contribution is 9.10. The fourth-order valence-corrected chi connectivity index (χ4v) is 3.23. The molecule has 0 unspecified atom stereocenters. The maximum absolute atomic E-state index is 3.61. The van der Waals surface area contributed by atoms with E-state index in [-0.39, 0.29) is 0 Å². The maximum Gasteiger partial charge on any atom is 0.0900 e. The molecule has 1 aliphatic heterocycles. The van der Waals surface area contributed by atoms with Gasteiger partial charge in [-0.05, 0) is 23.3 Å². The summed E-state index contributed by atoms with van der Waals surface area (Å²) in [6.45, 7) is 2.76. The van der Waals surface area contributed by atoms with E-state index in [0.29, 0.717) is 0 Å². The molecule has 0 spiro atoms. The van der Waals surface area contributed by atoms with Crippen LogP contribution in [0.15, 0.2) is 69.9 Å². The summed E-state index contributed by atoms with van der Waals surface area (Å²) >= 11 is 7.22. The molecule has 1 aliphatic rings. The van der Waals surface area contributed by atoms with Crippen molar-refractivity contribution in [2.75, 3.05) is 6.67 Å². The fourth-order valence-electron chi connectivity index (χ4n) is 2.41. The number of nitrogens with zero attached hydrogens (tertiary/aromatic N) is 2. The van der Waals surface area contributed by atoms with Crippen molar-refractivity contribution in [3.05, 3.63) is 81.0 Å². The SMILES string of the molecule is Brc1ccccc1CN1C=CN(Cc2ccccc2Br)C1. The van der Waals surface area contributed by atoms with E-state index >= 15 is 0 Å². The molecule has 1 heterocycles. The lowest BCUT2D eigenvalue weighted by atomic mass is 10.2. The first-order chi connectivity index (χ1) is 10.2. The van der Waals surface area contributed by atoms with E-state index in [1.54, 1.807) is 0 Å². The molecule has 108 valence electrons. The number of rotatable bonds is 4. The molecule has 0 saturated carbocycles. The Bertz CT molecular complexity index is 599. The highest BCUT2D eigenvalue weighted by atomic mass is 79.9. The van der Waals surface area contributed by atoms with Crippen LogP contribution in [0.1, 0.15) is 11.1 Å². The van der Waals surface area contributed by atoms with Crippen LogP contribution >= 0.6 is 31.9 Å². The maximum atomic E-state index is 3.61. The zero-order chi connectivity index (χ0) is 14.7. The van der Waals surface area contributed by atoms with Crippen molar-refractivity contribution >= 4 is 31.9 Å². The van der Waals surface area contributed by atoms with Gasteiger partial charge in [0, 0.05) is 34.4 Å². The van der Waals surface area contributed by atoms with Gasteiger partial charge in [0.25, 0.3) is 0 Å². The molecular weight excluding hydrogens is 392 g/mol. The minimum atomic E-state index is 0.919. The molecular formula is C17H16Br2N2. The second-order valence-electron chi connectivity index (χ2n) is 5.12. The van der Waals surface area contributed by atoms with Crippen LogP contribution in [0, 0.1) is 0 Å². The Labute approximate surface area is 142 Å². The van der Waals surface area contributed by atoms with Crippen molar-refractivity contribution in [1.29, 1.82) is 0 Å². The van der Waals surface area contributed by atoms with E-state index in [4.69, 9.17) is 0 Å². The number of hydrogen-bond acceptors (Lipinski definition) is 2. The van der Waals surface area contributed by atoms with Gasteiger partial charge < -0.3 is 9.80 Å². The van der Waals surface area contributed by atoms with Gasteiger partial charge in [-0.2, -0.15) is 0 Å². The highest BCUT2D eigenvalue weighted by Crippen LogP contribution is 2.22. The number of hydrogen-bond donors (Lipinski definition) is 0. The van der Waals surface area contributed by atoms with Crippen LogP contribution in [0.25, 0.3) is 0 Å². The van der Waals surface area contributed by atoms with E-state index in [1.165, 1.54) is 20.1 Å². The molecule has 0 radical (unpaired) electrons. The molecule has 2 aromatic carbocycles. The lowest BCUT2D eigenvalue weighted by Crippen LogP contribution is -2.24. The van der Waals surface area contributed by atoms with Gasteiger partial charge in [0.15, 0.2) is 0 Å². The van der Waals surface area contributed by atoms with E-state index < -0.39 is 0 Å². The monoisotopic (exact) mass is 406 g/mol. The van der Waals surface area contributed by atoms with Crippen LogP contribution in [0.2, 0.25) is 0 Å². The predicted molar refractivity (Wildman–Crippen MR) is 93.4 cm³/mol. The van der Waals surface area contributed by atoms with Crippen LogP contribution < -0.4 is 0 Å². The first-order valence-corrected chi connectivity index (χ1v) is 8.44. The van der Waals surface area contributed by atoms with Gasteiger partial charge >= 0.3 is 0 Å². The van der Waals surface area contributed by atoms with E-state index in [9.17, 15) is 0 Å². The molecule has 0 atom stereocenters. The first-order valence-electron chi connectivity index (χ1n) is 6.85. The minimum absolute atomic E-state index is 0.919. The van der Waals surface area contributed by atoms with Crippen LogP contribution in [0.5, 0.6) is 0 Å². The van der Waals surface area contributed by atoms with Gasteiger partial charge in [-0.25, -0.2) is 0 Å². The fraction of sp³-hybridized carbons (Fsp3) is 0.176. The molecule has 0 aliphatic carbocycles. The zero-order valence-electron chi connectivity index (χ0n) is 11.5. The summed E-state index contributed by atoms with van der Waals surface area (Å²) in [5.41, 5.74) is 2.62. The molecule has 0 N–H and O–H groups in total. The van der Waals surface area contributed by atoms with Crippen LogP contribution in [-0.4, -0.2) is 16.5 Å². The molecule has 2 nitrogen and oxygen atoms in total. The summed E-state index contributed by atoms with van der Waals surface area (Å²) in [6, 6.07) is 16.8. The first kappa shape index (κ1) is 14.7. The Balaban J connectivity index is 1.61. The molecule has 4 heteroatoms. The summed E-state index contributed by atoms with van der Waals surface area (Å²) in [5.74, 6) is 0. The number of halogens is 2. The molecule has 0 saturated heterocycles. The van der Waals surface area contributed by atoms with Gasteiger partial charge in [0.05, 0.1) is 6.67 Å². The Morgan fingerprint density at radius 3 is 1.57 bits per heavy atom. The van der Waals surface area contributed by atoms with Gasteiger partial charge in [0.1, 0.15) is 0 Å². The topological polar surface area (TPSA) is 6.48 Å². The standard InChI is InChI=1S/C17H16Br2N2/c18-16-7-3-1-5-14(16)11-20-9-10-21(13-20)12-15-6-2-4-8-17(15)19/h1-10H,11-13H2. The zero-order valence-corrected chi connectivity index (χ0v) is 14.7. The summed E-state index contributed by atoms with van der Waals surface area (Å²) in [7, 11) is 0. The Morgan fingerprint density at radius 2 is 1.14 bits per heavy atom. The Hall–Kier alpha value is -1.26. The summed E-state index contributed by atoms with van der Waals surface area (Å²) < 4.78 is 2.34. The molecule has 2 aromatic rings. The van der Waals surface area contributed by atoms with Crippen molar-refractivity contribution in [1.82, 2.24) is 9.80 Å². The second kappa shape index (κ2) is 6.67. The summed E-state index contributed by atoms with van der Waals surface area (Å²) in [5, 5.41) is 0. The summed E-state index contributed by atoms with van der Waals surface area (Å²) in [6.07, 6.45) is 4.33. The molecule has 0 amide bonds. The van der Waals surface area contributed by atoms with E-state index in [0.717, 1.165) is 19.8 Å². The molecule has 0 aromatic heterocycles. The van der Waals surface area contributed by atoms with Crippen molar-refractivity contribution in [2.24, 2.45) is 0 Å². The Kier molecular flexibility index (Phi) is 4.66. The van der Waals surface area contributed by atoms with Gasteiger partial charge in [-0.1, -0.05) is 68.3 Å². The van der Waals surface area contributed by atoms with Gasteiger partial charge in [-0.15, -0.1) is 0 Å². The predicted octanol–water partition coefficient (Wildman–Crippen LogP) is 4.96. The van der Waals surface area contributed by atoms with Gasteiger partial charge in [-0.3, -0.25) is 0 Å². The lowest BCUT2D eigenvalue weighted by molar-refractivity contribution is 0.254. The van der Waals surface area contributed by atoms with Crippen molar-refractivity contribution < 1.29 is 0 Å². The van der Waals surface area contributed by atoms with Crippen molar-refractivity contribution in [3.63, 3.8) is 0 Å². The molecule has 21 heavy (non-hydrogen) atoms.